The Morgan fingerprint density at radius 3 is 2.65 bits per heavy atom. The van der Waals surface area contributed by atoms with Crippen molar-refractivity contribution in [2.75, 3.05) is 5.32 Å². The Bertz CT molecular complexity index is 564. The Labute approximate surface area is 118 Å². The molecule has 106 valence electrons. The summed E-state index contributed by atoms with van der Waals surface area (Å²) in [7, 11) is 0. The molecule has 0 aliphatic carbocycles. The zero-order valence-corrected chi connectivity index (χ0v) is 11.9. The number of rotatable bonds is 5. The lowest BCUT2D eigenvalue weighted by Gasteiger charge is -2.14. The summed E-state index contributed by atoms with van der Waals surface area (Å²) in [6.07, 6.45) is 8.30. The van der Waals surface area contributed by atoms with Gasteiger partial charge in [-0.25, -0.2) is 15.0 Å². The van der Waals surface area contributed by atoms with Crippen molar-refractivity contribution in [3.05, 3.63) is 36.7 Å². The fraction of sp³-hybridized carbons (Fsp3) is 0.429. The first-order valence-corrected chi connectivity index (χ1v) is 6.65. The van der Waals surface area contributed by atoms with E-state index in [2.05, 4.69) is 34.1 Å². The van der Waals surface area contributed by atoms with Gasteiger partial charge in [0, 0.05) is 36.9 Å². The molecule has 1 atom stereocenters. The monoisotopic (exact) mass is 273 g/mol. The van der Waals surface area contributed by atoms with Crippen LogP contribution in [-0.2, 0) is 11.3 Å². The largest absolute Gasteiger partial charge is 0.317 e. The molecule has 0 fully saturated rings. The zero-order chi connectivity index (χ0) is 14.5. The number of hydrogen-bond donors (Lipinski definition) is 1. The van der Waals surface area contributed by atoms with Crippen LogP contribution in [0.25, 0.3) is 0 Å². The molecule has 1 N–H and O–H groups in total. The van der Waals surface area contributed by atoms with Gasteiger partial charge in [-0.1, -0.05) is 13.8 Å². The Morgan fingerprint density at radius 1 is 1.30 bits per heavy atom. The Morgan fingerprint density at radius 2 is 2.00 bits per heavy atom. The van der Waals surface area contributed by atoms with Crippen LogP contribution in [0.4, 0.5) is 5.95 Å². The third-order valence-electron chi connectivity index (χ3n) is 2.99. The predicted molar refractivity (Wildman–Crippen MR) is 76.1 cm³/mol. The van der Waals surface area contributed by atoms with E-state index in [1.54, 1.807) is 18.6 Å². The maximum absolute atomic E-state index is 12.2. The lowest BCUT2D eigenvalue weighted by molar-refractivity contribution is -0.117. The lowest BCUT2D eigenvalue weighted by atomic mass is 10.0. The smallest absolute Gasteiger partial charge is 0.234 e. The minimum Gasteiger partial charge on any atom is -0.317 e. The molecule has 1 amide bonds. The molecular weight excluding hydrogens is 254 g/mol. The van der Waals surface area contributed by atoms with Crippen molar-refractivity contribution in [3.8, 4) is 0 Å². The second-order valence-electron chi connectivity index (χ2n) is 5.18. The van der Waals surface area contributed by atoms with Crippen molar-refractivity contribution >= 4 is 11.9 Å². The van der Waals surface area contributed by atoms with Crippen LogP contribution in [0.15, 0.2) is 31.1 Å². The van der Waals surface area contributed by atoms with E-state index in [0.717, 1.165) is 12.1 Å². The van der Waals surface area contributed by atoms with E-state index < -0.39 is 0 Å². The molecule has 0 aliphatic rings. The van der Waals surface area contributed by atoms with Gasteiger partial charge in [0.25, 0.3) is 0 Å². The van der Waals surface area contributed by atoms with Gasteiger partial charge in [-0.05, 0) is 12.8 Å². The second kappa shape index (κ2) is 6.27. The summed E-state index contributed by atoms with van der Waals surface area (Å²) in [5.74, 6) is 0.628. The highest BCUT2D eigenvalue weighted by atomic mass is 16.2. The van der Waals surface area contributed by atoms with E-state index in [9.17, 15) is 4.79 Å². The van der Waals surface area contributed by atoms with Gasteiger partial charge in [0.1, 0.15) is 6.33 Å². The highest BCUT2D eigenvalue weighted by Crippen LogP contribution is 2.16. The summed E-state index contributed by atoms with van der Waals surface area (Å²) in [5.41, 5.74) is 0.784. The second-order valence-corrected chi connectivity index (χ2v) is 5.18. The summed E-state index contributed by atoms with van der Waals surface area (Å²) >= 11 is 0. The average Bonchev–Trinajstić information content (AvgIpc) is 2.85. The van der Waals surface area contributed by atoms with E-state index in [1.807, 2.05) is 17.7 Å². The number of nitrogens with one attached hydrogen (secondary N) is 1. The molecular formula is C14H19N5O. The Hall–Kier alpha value is -2.24. The number of hydrogen-bond acceptors (Lipinski definition) is 4. The minimum absolute atomic E-state index is 0.115. The molecule has 2 aromatic rings. The number of aromatic nitrogens is 4. The van der Waals surface area contributed by atoms with E-state index in [-0.39, 0.29) is 11.8 Å². The van der Waals surface area contributed by atoms with Crippen LogP contribution < -0.4 is 5.32 Å². The molecule has 6 nitrogen and oxygen atoms in total. The lowest BCUT2D eigenvalue weighted by Crippen LogP contribution is -2.22. The maximum atomic E-state index is 12.2. The molecule has 0 bridgehead atoms. The molecule has 0 radical (unpaired) electrons. The van der Waals surface area contributed by atoms with Gasteiger partial charge in [-0.3, -0.25) is 10.1 Å². The van der Waals surface area contributed by atoms with E-state index in [4.69, 9.17) is 0 Å². The van der Waals surface area contributed by atoms with Gasteiger partial charge in [0.15, 0.2) is 0 Å². The number of imidazole rings is 1. The van der Waals surface area contributed by atoms with E-state index >= 15 is 0 Å². The molecule has 0 saturated heterocycles. The number of anilines is 1. The van der Waals surface area contributed by atoms with Gasteiger partial charge in [-0.15, -0.1) is 0 Å². The van der Waals surface area contributed by atoms with Crippen LogP contribution in [0, 0.1) is 5.92 Å². The molecule has 2 heterocycles. The standard InChI is InChI=1S/C14H19N5O/c1-10(2)8-19-5-4-17-14(19)18-13(20)11(3)12-6-15-9-16-7-12/h4-7,9-11H,8H2,1-3H3,(H,17,18,20). The van der Waals surface area contributed by atoms with Crippen molar-refractivity contribution in [3.63, 3.8) is 0 Å². The molecule has 2 aromatic heterocycles. The average molecular weight is 273 g/mol. The summed E-state index contributed by atoms with van der Waals surface area (Å²) in [4.78, 5) is 24.3. The summed E-state index contributed by atoms with van der Waals surface area (Å²) in [6, 6.07) is 0. The van der Waals surface area contributed by atoms with Gasteiger partial charge in [0.05, 0.1) is 5.92 Å². The third-order valence-corrected chi connectivity index (χ3v) is 2.99. The Kier molecular flexibility index (Phi) is 4.45. The fourth-order valence-electron chi connectivity index (χ4n) is 1.88. The van der Waals surface area contributed by atoms with Gasteiger partial charge in [-0.2, -0.15) is 0 Å². The van der Waals surface area contributed by atoms with Crippen molar-refractivity contribution in [1.82, 2.24) is 19.5 Å². The van der Waals surface area contributed by atoms with Gasteiger partial charge < -0.3 is 4.57 Å². The molecule has 0 aliphatic heterocycles. The quantitative estimate of drug-likeness (QED) is 0.905. The van der Waals surface area contributed by atoms with Crippen LogP contribution in [0.3, 0.4) is 0 Å². The number of carbonyl (C=O) groups excluding carboxylic acids is 1. The minimum atomic E-state index is -0.319. The maximum Gasteiger partial charge on any atom is 0.234 e. The SMILES string of the molecule is CC(C)Cn1ccnc1NC(=O)C(C)c1cncnc1. The zero-order valence-electron chi connectivity index (χ0n) is 11.9. The first kappa shape index (κ1) is 14.2. The van der Waals surface area contributed by atoms with Crippen molar-refractivity contribution in [1.29, 1.82) is 0 Å². The topological polar surface area (TPSA) is 72.7 Å². The molecule has 1 unspecified atom stereocenters. The van der Waals surface area contributed by atoms with Crippen molar-refractivity contribution < 1.29 is 4.79 Å². The number of nitrogens with zero attached hydrogens (tertiary/aromatic N) is 4. The number of carbonyl (C=O) groups is 1. The fourth-order valence-corrected chi connectivity index (χ4v) is 1.88. The first-order valence-electron chi connectivity index (χ1n) is 6.65. The summed E-state index contributed by atoms with van der Waals surface area (Å²) in [6.45, 7) is 6.88. The first-order chi connectivity index (χ1) is 9.58. The summed E-state index contributed by atoms with van der Waals surface area (Å²) in [5, 5.41) is 2.85. The van der Waals surface area contributed by atoms with Crippen molar-refractivity contribution in [2.45, 2.75) is 33.2 Å². The Balaban J connectivity index is 2.07. The molecule has 6 heteroatoms. The molecule has 0 spiro atoms. The van der Waals surface area contributed by atoms with Crippen LogP contribution in [0.1, 0.15) is 32.3 Å². The molecule has 20 heavy (non-hydrogen) atoms. The number of amides is 1. The highest BCUT2D eigenvalue weighted by molar-refractivity contribution is 5.94. The molecule has 2 rings (SSSR count). The van der Waals surface area contributed by atoms with Crippen LogP contribution in [-0.4, -0.2) is 25.4 Å². The highest BCUT2D eigenvalue weighted by Gasteiger charge is 2.17. The predicted octanol–water partition coefficient (Wildman–Crippen LogP) is 2.07. The van der Waals surface area contributed by atoms with Gasteiger partial charge >= 0.3 is 0 Å². The molecule has 0 saturated carbocycles. The van der Waals surface area contributed by atoms with Crippen LogP contribution in [0.2, 0.25) is 0 Å². The molecule has 0 aromatic carbocycles. The third kappa shape index (κ3) is 3.40. The van der Waals surface area contributed by atoms with Crippen molar-refractivity contribution in [2.24, 2.45) is 5.92 Å². The van der Waals surface area contributed by atoms with Gasteiger partial charge in [0.2, 0.25) is 11.9 Å². The van der Waals surface area contributed by atoms with Crippen LogP contribution >= 0.6 is 0 Å². The summed E-state index contributed by atoms with van der Waals surface area (Å²) < 4.78 is 1.94. The normalized spacial score (nSPS) is 12.4. The van der Waals surface area contributed by atoms with E-state index in [1.165, 1.54) is 6.33 Å². The van der Waals surface area contributed by atoms with E-state index in [0.29, 0.717) is 11.9 Å². The van der Waals surface area contributed by atoms with Crippen LogP contribution in [0.5, 0.6) is 0 Å².